The van der Waals surface area contributed by atoms with E-state index in [0.29, 0.717) is 24.5 Å². The fourth-order valence-corrected chi connectivity index (χ4v) is 2.36. The fraction of sp³-hybridized carbons (Fsp3) is 0.368. The van der Waals surface area contributed by atoms with Crippen molar-refractivity contribution >= 4 is 5.91 Å². The van der Waals surface area contributed by atoms with E-state index in [9.17, 15) is 4.79 Å². The SMILES string of the molecule is Cc1ccc(C(=O)NC(C)c2cccc(C)n2)c(OCCCN)c1. The van der Waals surface area contributed by atoms with Crippen molar-refractivity contribution in [3.05, 3.63) is 58.9 Å². The number of benzene rings is 1. The molecule has 0 aliphatic rings. The number of aryl methyl sites for hydroxylation is 2. The zero-order chi connectivity index (χ0) is 17.5. The van der Waals surface area contributed by atoms with Crippen LogP contribution in [0.1, 0.15) is 46.7 Å². The maximum Gasteiger partial charge on any atom is 0.255 e. The molecule has 0 aliphatic carbocycles. The first-order valence-electron chi connectivity index (χ1n) is 8.19. The van der Waals surface area contributed by atoms with Crippen LogP contribution in [0.4, 0.5) is 0 Å². The van der Waals surface area contributed by atoms with Gasteiger partial charge in [-0.1, -0.05) is 12.1 Å². The Labute approximate surface area is 143 Å². The first-order valence-corrected chi connectivity index (χ1v) is 8.19. The van der Waals surface area contributed by atoms with Crippen LogP contribution in [-0.4, -0.2) is 24.0 Å². The lowest BCUT2D eigenvalue weighted by Crippen LogP contribution is -2.28. The van der Waals surface area contributed by atoms with Crippen molar-refractivity contribution in [1.29, 1.82) is 0 Å². The van der Waals surface area contributed by atoms with Gasteiger partial charge in [0.2, 0.25) is 0 Å². The number of nitrogens with zero attached hydrogens (tertiary/aromatic N) is 1. The Balaban J connectivity index is 2.13. The summed E-state index contributed by atoms with van der Waals surface area (Å²) in [6, 6.07) is 11.2. The van der Waals surface area contributed by atoms with Gasteiger partial charge < -0.3 is 15.8 Å². The molecule has 3 N–H and O–H groups in total. The van der Waals surface area contributed by atoms with E-state index in [1.165, 1.54) is 0 Å². The molecule has 0 saturated heterocycles. The van der Waals surface area contributed by atoms with Gasteiger partial charge in [0.1, 0.15) is 5.75 Å². The number of hydrogen-bond acceptors (Lipinski definition) is 4. The number of amides is 1. The number of nitrogens with two attached hydrogens (primary N) is 1. The van der Waals surface area contributed by atoms with Crippen LogP contribution in [0.2, 0.25) is 0 Å². The maximum absolute atomic E-state index is 12.6. The van der Waals surface area contributed by atoms with Crippen molar-refractivity contribution in [2.75, 3.05) is 13.2 Å². The van der Waals surface area contributed by atoms with E-state index in [4.69, 9.17) is 10.5 Å². The molecule has 1 amide bonds. The van der Waals surface area contributed by atoms with Crippen molar-refractivity contribution in [3.8, 4) is 5.75 Å². The van der Waals surface area contributed by atoms with Gasteiger partial charge in [0, 0.05) is 5.69 Å². The van der Waals surface area contributed by atoms with Gasteiger partial charge in [-0.05, 0) is 63.6 Å². The third-order valence-corrected chi connectivity index (χ3v) is 3.69. The predicted molar refractivity (Wildman–Crippen MR) is 95.2 cm³/mol. The van der Waals surface area contributed by atoms with Crippen molar-refractivity contribution < 1.29 is 9.53 Å². The molecule has 24 heavy (non-hydrogen) atoms. The van der Waals surface area contributed by atoms with E-state index in [2.05, 4.69) is 10.3 Å². The minimum atomic E-state index is -0.185. The standard InChI is InChI=1S/C19H25N3O2/c1-13-8-9-16(18(12-13)24-11-5-10-20)19(23)22-15(3)17-7-4-6-14(2)21-17/h4,6-9,12,15H,5,10-11,20H2,1-3H3,(H,22,23). The highest BCUT2D eigenvalue weighted by atomic mass is 16.5. The summed E-state index contributed by atoms with van der Waals surface area (Å²) in [6.07, 6.45) is 0.749. The normalized spacial score (nSPS) is 11.8. The highest BCUT2D eigenvalue weighted by molar-refractivity contribution is 5.97. The number of ether oxygens (including phenoxy) is 1. The van der Waals surface area contributed by atoms with Gasteiger partial charge in [-0.2, -0.15) is 0 Å². The minimum absolute atomic E-state index is 0.173. The third-order valence-electron chi connectivity index (χ3n) is 3.69. The van der Waals surface area contributed by atoms with E-state index >= 15 is 0 Å². The average Bonchev–Trinajstić information content (AvgIpc) is 2.55. The number of nitrogens with one attached hydrogen (secondary N) is 1. The number of carbonyl (C=O) groups excluding carboxylic acids is 1. The van der Waals surface area contributed by atoms with Gasteiger partial charge in [0.05, 0.1) is 23.9 Å². The second-order valence-electron chi connectivity index (χ2n) is 5.89. The molecule has 0 spiro atoms. The molecule has 1 aromatic carbocycles. The van der Waals surface area contributed by atoms with Crippen LogP contribution in [0.5, 0.6) is 5.75 Å². The van der Waals surface area contributed by atoms with E-state index < -0.39 is 0 Å². The van der Waals surface area contributed by atoms with Gasteiger partial charge in [-0.15, -0.1) is 0 Å². The number of hydrogen-bond donors (Lipinski definition) is 2. The Hall–Kier alpha value is -2.40. The topological polar surface area (TPSA) is 77.2 Å². The highest BCUT2D eigenvalue weighted by Gasteiger charge is 2.16. The van der Waals surface area contributed by atoms with Crippen LogP contribution in [0, 0.1) is 13.8 Å². The summed E-state index contributed by atoms with van der Waals surface area (Å²) >= 11 is 0. The summed E-state index contributed by atoms with van der Waals surface area (Å²) in [5, 5.41) is 2.98. The van der Waals surface area contributed by atoms with E-state index in [1.54, 1.807) is 6.07 Å². The monoisotopic (exact) mass is 327 g/mol. The van der Waals surface area contributed by atoms with Crippen LogP contribution in [-0.2, 0) is 0 Å². The zero-order valence-corrected chi connectivity index (χ0v) is 14.5. The number of pyridine rings is 1. The summed E-state index contributed by atoms with van der Waals surface area (Å²) in [5.41, 5.74) is 8.83. The molecular weight excluding hydrogens is 302 g/mol. The molecular formula is C19H25N3O2. The second kappa shape index (κ2) is 8.45. The molecule has 0 aliphatic heterocycles. The summed E-state index contributed by atoms with van der Waals surface area (Å²) in [7, 11) is 0. The summed E-state index contributed by atoms with van der Waals surface area (Å²) < 4.78 is 5.73. The molecule has 5 nitrogen and oxygen atoms in total. The van der Waals surface area contributed by atoms with E-state index in [-0.39, 0.29) is 11.9 Å². The van der Waals surface area contributed by atoms with Crippen molar-refractivity contribution in [2.24, 2.45) is 5.73 Å². The van der Waals surface area contributed by atoms with Gasteiger partial charge in [0.25, 0.3) is 5.91 Å². The van der Waals surface area contributed by atoms with Crippen molar-refractivity contribution in [1.82, 2.24) is 10.3 Å². The molecule has 2 aromatic rings. The van der Waals surface area contributed by atoms with Gasteiger partial charge in [0.15, 0.2) is 0 Å². The summed E-state index contributed by atoms with van der Waals surface area (Å²) in [6.45, 7) is 6.87. The van der Waals surface area contributed by atoms with Crippen molar-refractivity contribution in [2.45, 2.75) is 33.2 Å². The van der Waals surface area contributed by atoms with Gasteiger partial charge in [-0.25, -0.2) is 0 Å². The van der Waals surface area contributed by atoms with E-state index in [0.717, 1.165) is 23.4 Å². The fourth-order valence-electron chi connectivity index (χ4n) is 2.36. The zero-order valence-electron chi connectivity index (χ0n) is 14.5. The lowest BCUT2D eigenvalue weighted by atomic mass is 10.1. The Kier molecular flexibility index (Phi) is 6.32. The molecule has 1 unspecified atom stereocenters. The molecule has 0 saturated carbocycles. The smallest absolute Gasteiger partial charge is 0.255 e. The average molecular weight is 327 g/mol. The largest absolute Gasteiger partial charge is 0.493 e. The summed E-state index contributed by atoms with van der Waals surface area (Å²) in [5.74, 6) is 0.416. The van der Waals surface area contributed by atoms with Gasteiger partial charge in [-0.3, -0.25) is 9.78 Å². The van der Waals surface area contributed by atoms with Crippen molar-refractivity contribution in [3.63, 3.8) is 0 Å². The Morgan fingerprint density at radius 1 is 1.29 bits per heavy atom. The van der Waals surface area contributed by atoms with Crippen LogP contribution >= 0.6 is 0 Å². The number of aromatic nitrogens is 1. The lowest BCUT2D eigenvalue weighted by molar-refractivity contribution is 0.0935. The molecule has 2 rings (SSSR count). The Morgan fingerprint density at radius 3 is 2.79 bits per heavy atom. The Morgan fingerprint density at radius 2 is 2.08 bits per heavy atom. The van der Waals surface area contributed by atoms with Crippen LogP contribution in [0.3, 0.4) is 0 Å². The first-order chi connectivity index (χ1) is 11.5. The molecule has 5 heteroatoms. The van der Waals surface area contributed by atoms with Crippen LogP contribution in [0.25, 0.3) is 0 Å². The quantitative estimate of drug-likeness (QED) is 0.767. The first kappa shape index (κ1) is 17.9. The molecule has 0 bridgehead atoms. The molecule has 1 aromatic heterocycles. The molecule has 128 valence electrons. The Bertz CT molecular complexity index is 701. The molecule has 1 atom stereocenters. The lowest BCUT2D eigenvalue weighted by Gasteiger charge is -2.16. The summed E-state index contributed by atoms with van der Waals surface area (Å²) in [4.78, 5) is 17.1. The number of carbonyl (C=O) groups is 1. The molecule has 0 fully saturated rings. The van der Waals surface area contributed by atoms with E-state index in [1.807, 2.05) is 51.1 Å². The predicted octanol–water partition coefficient (Wildman–Crippen LogP) is 2.92. The second-order valence-corrected chi connectivity index (χ2v) is 5.89. The van der Waals surface area contributed by atoms with Gasteiger partial charge >= 0.3 is 0 Å². The van der Waals surface area contributed by atoms with Crippen LogP contribution in [0.15, 0.2) is 36.4 Å². The van der Waals surface area contributed by atoms with Crippen LogP contribution < -0.4 is 15.8 Å². The highest BCUT2D eigenvalue weighted by Crippen LogP contribution is 2.22. The maximum atomic E-state index is 12.6. The molecule has 1 heterocycles. The number of rotatable bonds is 7. The molecule has 0 radical (unpaired) electrons. The third kappa shape index (κ3) is 4.80. The minimum Gasteiger partial charge on any atom is -0.493 e.